The Morgan fingerprint density at radius 3 is 2.52 bits per heavy atom. The van der Waals surface area contributed by atoms with E-state index in [-0.39, 0.29) is 18.1 Å². The first kappa shape index (κ1) is 17.0. The van der Waals surface area contributed by atoms with Crippen LogP contribution in [0.4, 0.5) is 0 Å². The fourth-order valence-corrected chi connectivity index (χ4v) is 4.39. The van der Waals surface area contributed by atoms with Crippen molar-refractivity contribution in [2.75, 3.05) is 19.7 Å². The first-order chi connectivity index (χ1) is 12.2. The van der Waals surface area contributed by atoms with Crippen LogP contribution in [0.15, 0.2) is 24.3 Å². The number of aliphatic hydroxyl groups is 1. The molecule has 5 heteroatoms. The van der Waals surface area contributed by atoms with Crippen LogP contribution in [0, 0.1) is 5.92 Å². The van der Waals surface area contributed by atoms with Gasteiger partial charge in [0.05, 0.1) is 18.2 Å². The van der Waals surface area contributed by atoms with Gasteiger partial charge in [0.25, 0.3) is 5.91 Å². The standard InChI is InChI=1S/C20H28N2O3/c23-13-15-7-9-22(10-8-15)12-14-1-3-16(4-2-14)20(24)21-18-11-17-5-6-19(18)25-17/h1-4,15,17-19,23H,5-13H2,(H,21,24)/t17-,18-,19-/m1/s1. The van der Waals surface area contributed by atoms with Crippen molar-refractivity contribution in [3.05, 3.63) is 35.4 Å². The molecule has 3 aliphatic heterocycles. The summed E-state index contributed by atoms with van der Waals surface area (Å²) in [6, 6.07) is 8.16. The van der Waals surface area contributed by atoms with E-state index in [1.165, 1.54) is 5.56 Å². The van der Waals surface area contributed by atoms with Gasteiger partial charge in [-0.25, -0.2) is 0 Å². The lowest BCUT2D eigenvalue weighted by atomic mass is 9.95. The van der Waals surface area contributed by atoms with Gasteiger partial charge in [-0.3, -0.25) is 9.69 Å². The van der Waals surface area contributed by atoms with E-state index in [4.69, 9.17) is 4.74 Å². The molecule has 136 valence electrons. The summed E-state index contributed by atoms with van der Waals surface area (Å²) >= 11 is 0. The molecule has 3 atom stereocenters. The van der Waals surface area contributed by atoms with Gasteiger partial charge in [0.15, 0.2) is 0 Å². The number of nitrogens with one attached hydrogen (secondary N) is 1. The Balaban J connectivity index is 1.29. The van der Waals surface area contributed by atoms with Gasteiger partial charge in [0, 0.05) is 18.7 Å². The van der Waals surface area contributed by atoms with Crippen LogP contribution < -0.4 is 5.32 Å². The molecular weight excluding hydrogens is 316 g/mol. The molecular formula is C20H28N2O3. The van der Waals surface area contributed by atoms with E-state index >= 15 is 0 Å². The van der Waals surface area contributed by atoms with Crippen LogP contribution in [0.3, 0.4) is 0 Å². The molecule has 0 saturated carbocycles. The molecule has 1 aromatic carbocycles. The normalized spacial score (nSPS) is 29.9. The largest absolute Gasteiger partial charge is 0.396 e. The lowest BCUT2D eigenvalue weighted by Crippen LogP contribution is -2.41. The second-order valence-corrected chi connectivity index (χ2v) is 7.79. The zero-order chi connectivity index (χ0) is 17.2. The minimum Gasteiger partial charge on any atom is -0.396 e. The summed E-state index contributed by atoms with van der Waals surface area (Å²) in [6.45, 7) is 3.31. The number of aliphatic hydroxyl groups excluding tert-OH is 1. The van der Waals surface area contributed by atoms with Crippen LogP contribution in [-0.2, 0) is 11.3 Å². The Morgan fingerprint density at radius 2 is 1.92 bits per heavy atom. The SMILES string of the molecule is O=C(N[C@@H]1C[C@H]2CC[C@H]1O2)c1ccc(CN2CCC(CO)CC2)cc1. The molecule has 1 aromatic rings. The van der Waals surface area contributed by atoms with Crippen molar-refractivity contribution in [2.45, 2.75) is 56.9 Å². The Bertz CT molecular complexity index is 595. The summed E-state index contributed by atoms with van der Waals surface area (Å²) in [6.07, 6.45) is 5.88. The van der Waals surface area contributed by atoms with Gasteiger partial charge in [-0.2, -0.15) is 0 Å². The Morgan fingerprint density at radius 1 is 1.16 bits per heavy atom. The number of likely N-dealkylation sites (tertiary alicyclic amines) is 1. The van der Waals surface area contributed by atoms with E-state index in [1.807, 2.05) is 12.1 Å². The van der Waals surface area contributed by atoms with Crippen molar-refractivity contribution in [2.24, 2.45) is 5.92 Å². The highest BCUT2D eigenvalue weighted by atomic mass is 16.5. The number of amides is 1. The zero-order valence-corrected chi connectivity index (χ0v) is 14.7. The number of fused-ring (bicyclic) bond motifs is 2. The second kappa shape index (κ2) is 7.44. The summed E-state index contributed by atoms with van der Waals surface area (Å²) in [7, 11) is 0. The maximum Gasteiger partial charge on any atom is 0.251 e. The van der Waals surface area contributed by atoms with Crippen molar-refractivity contribution in [1.82, 2.24) is 10.2 Å². The van der Waals surface area contributed by atoms with Crippen molar-refractivity contribution in [3.8, 4) is 0 Å². The van der Waals surface area contributed by atoms with Crippen molar-refractivity contribution in [1.29, 1.82) is 0 Å². The topological polar surface area (TPSA) is 61.8 Å². The van der Waals surface area contributed by atoms with Crippen molar-refractivity contribution in [3.63, 3.8) is 0 Å². The molecule has 2 N–H and O–H groups in total. The molecule has 5 nitrogen and oxygen atoms in total. The Labute approximate surface area is 149 Å². The third-order valence-electron chi connectivity index (χ3n) is 6.01. The van der Waals surface area contributed by atoms with Crippen LogP contribution >= 0.6 is 0 Å². The van der Waals surface area contributed by atoms with Crippen LogP contribution in [0.25, 0.3) is 0 Å². The molecule has 3 heterocycles. The minimum atomic E-state index is 0.0106. The smallest absolute Gasteiger partial charge is 0.251 e. The molecule has 2 bridgehead atoms. The fraction of sp³-hybridized carbons (Fsp3) is 0.650. The number of carbonyl (C=O) groups is 1. The van der Waals surface area contributed by atoms with Crippen LogP contribution in [0.1, 0.15) is 48.0 Å². The van der Waals surface area contributed by atoms with Gasteiger partial charge in [0.2, 0.25) is 0 Å². The van der Waals surface area contributed by atoms with Crippen LogP contribution in [0.2, 0.25) is 0 Å². The lowest BCUT2D eigenvalue weighted by molar-refractivity contribution is 0.0841. The highest BCUT2D eigenvalue weighted by Gasteiger charge is 2.41. The quantitative estimate of drug-likeness (QED) is 0.857. The average Bonchev–Trinajstić information content (AvgIpc) is 3.26. The van der Waals surface area contributed by atoms with Gasteiger partial charge < -0.3 is 15.2 Å². The van der Waals surface area contributed by atoms with Gasteiger partial charge in [-0.15, -0.1) is 0 Å². The average molecular weight is 344 g/mol. The molecule has 1 amide bonds. The molecule has 3 saturated heterocycles. The van der Waals surface area contributed by atoms with E-state index in [2.05, 4.69) is 22.3 Å². The van der Waals surface area contributed by atoms with Gasteiger partial charge in [-0.05, 0) is 68.8 Å². The molecule has 3 fully saturated rings. The number of rotatable bonds is 5. The predicted molar refractivity (Wildman–Crippen MR) is 95.3 cm³/mol. The highest BCUT2D eigenvalue weighted by molar-refractivity contribution is 5.94. The van der Waals surface area contributed by atoms with E-state index in [1.54, 1.807) is 0 Å². The van der Waals surface area contributed by atoms with Crippen LogP contribution in [0.5, 0.6) is 0 Å². The van der Waals surface area contributed by atoms with E-state index in [0.29, 0.717) is 18.6 Å². The third kappa shape index (κ3) is 3.89. The van der Waals surface area contributed by atoms with Crippen molar-refractivity contribution >= 4 is 5.91 Å². The maximum absolute atomic E-state index is 12.4. The number of nitrogens with zero attached hydrogens (tertiary/aromatic N) is 1. The number of carbonyl (C=O) groups excluding carboxylic acids is 1. The maximum atomic E-state index is 12.4. The van der Waals surface area contributed by atoms with E-state index < -0.39 is 0 Å². The molecule has 25 heavy (non-hydrogen) atoms. The third-order valence-corrected chi connectivity index (χ3v) is 6.01. The monoisotopic (exact) mass is 344 g/mol. The predicted octanol–water partition coefficient (Wildman–Crippen LogP) is 1.94. The van der Waals surface area contributed by atoms with Gasteiger partial charge in [-0.1, -0.05) is 12.1 Å². The van der Waals surface area contributed by atoms with E-state index in [0.717, 1.165) is 57.3 Å². The second-order valence-electron chi connectivity index (χ2n) is 7.79. The molecule has 0 unspecified atom stereocenters. The first-order valence-electron chi connectivity index (χ1n) is 9.60. The molecule has 0 spiro atoms. The molecule has 4 rings (SSSR count). The number of ether oxygens (including phenoxy) is 1. The first-order valence-corrected chi connectivity index (χ1v) is 9.60. The molecule has 0 radical (unpaired) electrons. The summed E-state index contributed by atoms with van der Waals surface area (Å²) in [5.41, 5.74) is 1.97. The number of hydrogen-bond acceptors (Lipinski definition) is 4. The number of benzene rings is 1. The summed E-state index contributed by atoms with van der Waals surface area (Å²) in [5, 5.41) is 12.4. The van der Waals surface area contributed by atoms with E-state index in [9.17, 15) is 9.90 Å². The molecule has 0 aromatic heterocycles. The lowest BCUT2D eigenvalue weighted by Gasteiger charge is -2.31. The number of piperidine rings is 1. The molecule has 0 aliphatic carbocycles. The fourth-order valence-electron chi connectivity index (χ4n) is 4.39. The Hall–Kier alpha value is -1.43. The van der Waals surface area contributed by atoms with Gasteiger partial charge >= 0.3 is 0 Å². The van der Waals surface area contributed by atoms with Crippen molar-refractivity contribution < 1.29 is 14.6 Å². The molecule has 3 aliphatic rings. The van der Waals surface area contributed by atoms with Crippen LogP contribution in [-0.4, -0.2) is 53.9 Å². The highest BCUT2D eigenvalue weighted by Crippen LogP contribution is 2.34. The zero-order valence-electron chi connectivity index (χ0n) is 14.7. The minimum absolute atomic E-state index is 0.0106. The summed E-state index contributed by atoms with van der Waals surface area (Å²) < 4.78 is 5.81. The summed E-state index contributed by atoms with van der Waals surface area (Å²) in [5.74, 6) is 0.480. The number of hydrogen-bond donors (Lipinski definition) is 2. The van der Waals surface area contributed by atoms with Gasteiger partial charge in [0.1, 0.15) is 0 Å². The summed E-state index contributed by atoms with van der Waals surface area (Å²) in [4.78, 5) is 14.9. The Kier molecular flexibility index (Phi) is 5.06.